The molecule has 6 nitrogen and oxygen atoms in total. The third-order valence-corrected chi connectivity index (χ3v) is 5.91. The molecule has 1 fully saturated rings. The molecule has 0 saturated heterocycles. The molecule has 0 atom stereocenters. The molecule has 0 bridgehead atoms. The molecule has 0 unspecified atom stereocenters. The number of rotatable bonds is 4. The van der Waals surface area contributed by atoms with Crippen molar-refractivity contribution in [1.82, 2.24) is 15.2 Å². The topological polar surface area (TPSA) is 72.3 Å². The lowest BCUT2D eigenvalue weighted by Crippen LogP contribution is -2.45. The number of hydrogen-bond donors (Lipinski definition) is 2. The molecule has 3 aliphatic rings. The van der Waals surface area contributed by atoms with Crippen LogP contribution in [-0.2, 0) is 11.2 Å². The van der Waals surface area contributed by atoms with Crippen LogP contribution < -0.4 is 10.2 Å². The third-order valence-electron chi connectivity index (χ3n) is 5.91. The van der Waals surface area contributed by atoms with Crippen LogP contribution in [0, 0.1) is 5.41 Å². The highest BCUT2D eigenvalue weighted by atomic mass is 127. The highest BCUT2D eigenvalue weighted by molar-refractivity contribution is 14.0. The minimum absolute atomic E-state index is 0. The molecule has 158 valence electrons. The number of carbonyl (C=O) groups is 1. The summed E-state index contributed by atoms with van der Waals surface area (Å²) in [5, 5.41) is 12.6. The predicted octanol–water partition coefficient (Wildman–Crippen LogP) is 3.81. The minimum atomic E-state index is 0. The molecule has 1 amide bonds. The normalized spacial score (nSPS) is 19.0. The molecule has 1 aromatic heterocycles. The zero-order chi connectivity index (χ0) is 19.8. The van der Waals surface area contributed by atoms with Gasteiger partial charge in [0, 0.05) is 55.4 Å². The first kappa shape index (κ1) is 22.1. The summed E-state index contributed by atoms with van der Waals surface area (Å²) in [7, 11) is 0. The summed E-state index contributed by atoms with van der Waals surface area (Å²) < 4.78 is 0. The van der Waals surface area contributed by atoms with Gasteiger partial charge in [0.25, 0.3) is 0 Å². The molecule has 7 heteroatoms. The molecule has 1 saturated carbocycles. The molecule has 0 radical (unpaired) electrons. The lowest BCUT2D eigenvalue weighted by molar-refractivity contribution is -0.128. The average Bonchev–Trinajstić information content (AvgIpc) is 3.51. The van der Waals surface area contributed by atoms with E-state index in [-0.39, 0.29) is 29.9 Å². The fourth-order valence-electron chi connectivity index (χ4n) is 4.25. The number of carbonyl (C=O) groups excluding carboxylic acids is 1. The molecule has 1 aliphatic carbocycles. The maximum absolute atomic E-state index is 12.0. The molecule has 1 aromatic rings. The number of aryl methyl sites for hydroxylation is 1. The SMILES string of the molecule is CC(=O)N1CCC(NC(C)C)=C(C(=N)N2CCCc3cc(C4CC4)ncc32)C1.I. The Kier molecular flexibility index (Phi) is 6.86. The van der Waals surface area contributed by atoms with E-state index in [1.165, 1.54) is 24.1 Å². The number of pyridine rings is 1. The summed E-state index contributed by atoms with van der Waals surface area (Å²) in [5.74, 6) is 1.23. The summed E-state index contributed by atoms with van der Waals surface area (Å²) in [6, 6.07) is 2.56. The molecule has 2 N–H and O–H groups in total. The van der Waals surface area contributed by atoms with E-state index in [9.17, 15) is 4.79 Å². The van der Waals surface area contributed by atoms with Gasteiger partial charge in [0.15, 0.2) is 0 Å². The third kappa shape index (κ3) is 4.75. The zero-order valence-corrected chi connectivity index (χ0v) is 20.0. The first-order chi connectivity index (χ1) is 13.4. The lowest BCUT2D eigenvalue weighted by atomic mass is 9.98. The smallest absolute Gasteiger partial charge is 0.219 e. The van der Waals surface area contributed by atoms with E-state index in [0.717, 1.165) is 42.8 Å². The van der Waals surface area contributed by atoms with Gasteiger partial charge in [-0.05, 0) is 51.2 Å². The minimum Gasteiger partial charge on any atom is -0.386 e. The summed E-state index contributed by atoms with van der Waals surface area (Å²) in [6.07, 6.45) is 7.34. The Bertz CT molecular complexity index is 830. The van der Waals surface area contributed by atoms with E-state index in [1.54, 1.807) is 6.92 Å². The Hall–Kier alpha value is -1.64. The van der Waals surface area contributed by atoms with Gasteiger partial charge in [0.05, 0.1) is 18.4 Å². The highest BCUT2D eigenvalue weighted by Crippen LogP contribution is 2.41. The van der Waals surface area contributed by atoms with Crippen LogP contribution in [0.25, 0.3) is 0 Å². The predicted molar refractivity (Wildman–Crippen MR) is 127 cm³/mol. The van der Waals surface area contributed by atoms with Crippen molar-refractivity contribution in [2.45, 2.75) is 64.8 Å². The number of nitrogens with zero attached hydrogens (tertiary/aromatic N) is 3. The van der Waals surface area contributed by atoms with E-state index < -0.39 is 0 Å². The van der Waals surface area contributed by atoms with Crippen molar-refractivity contribution in [3.63, 3.8) is 0 Å². The number of amidine groups is 1. The second-order valence-corrected chi connectivity index (χ2v) is 8.56. The number of aromatic nitrogens is 1. The number of amides is 1. The van der Waals surface area contributed by atoms with Gasteiger partial charge < -0.3 is 15.1 Å². The van der Waals surface area contributed by atoms with Crippen LogP contribution in [-0.4, -0.2) is 47.3 Å². The van der Waals surface area contributed by atoms with E-state index in [2.05, 4.69) is 30.1 Å². The van der Waals surface area contributed by atoms with Gasteiger partial charge in [0.1, 0.15) is 5.84 Å². The fraction of sp³-hybridized carbons (Fsp3) is 0.591. The van der Waals surface area contributed by atoms with Gasteiger partial charge in [-0.15, -0.1) is 24.0 Å². The van der Waals surface area contributed by atoms with Crippen molar-refractivity contribution >= 4 is 41.4 Å². The molecular formula is C22H32IN5O. The number of fused-ring (bicyclic) bond motifs is 1. The standard InChI is InChI=1S/C22H31N5O.HI/c1-14(2)25-19-8-10-26(15(3)28)13-18(19)22(23)27-9-4-5-17-11-20(16-6-7-16)24-12-21(17)27;/h11-12,14,16,23,25H,4-10,13H2,1-3H3;1H. The number of halogens is 1. The van der Waals surface area contributed by atoms with Crippen LogP contribution >= 0.6 is 24.0 Å². The van der Waals surface area contributed by atoms with Crippen LogP contribution in [0.1, 0.15) is 63.6 Å². The number of nitrogens with one attached hydrogen (secondary N) is 2. The molecule has 2 aliphatic heterocycles. The molecule has 4 rings (SSSR count). The van der Waals surface area contributed by atoms with Crippen LogP contribution in [0.15, 0.2) is 23.5 Å². The summed E-state index contributed by atoms with van der Waals surface area (Å²) in [4.78, 5) is 20.6. The van der Waals surface area contributed by atoms with Crippen molar-refractivity contribution in [3.8, 4) is 0 Å². The van der Waals surface area contributed by atoms with Crippen molar-refractivity contribution in [3.05, 3.63) is 34.8 Å². The van der Waals surface area contributed by atoms with Gasteiger partial charge in [-0.3, -0.25) is 15.2 Å². The Morgan fingerprint density at radius 1 is 1.28 bits per heavy atom. The largest absolute Gasteiger partial charge is 0.386 e. The van der Waals surface area contributed by atoms with Gasteiger partial charge in [-0.2, -0.15) is 0 Å². The monoisotopic (exact) mass is 509 g/mol. The second kappa shape index (κ2) is 9.02. The van der Waals surface area contributed by atoms with Gasteiger partial charge in [-0.25, -0.2) is 0 Å². The van der Waals surface area contributed by atoms with E-state index >= 15 is 0 Å². The Morgan fingerprint density at radius 2 is 2.03 bits per heavy atom. The first-order valence-electron chi connectivity index (χ1n) is 10.5. The number of hydrogen-bond acceptors (Lipinski definition) is 4. The van der Waals surface area contributed by atoms with Crippen molar-refractivity contribution in [2.75, 3.05) is 24.5 Å². The highest BCUT2D eigenvalue weighted by Gasteiger charge is 2.31. The molecule has 0 aromatic carbocycles. The maximum atomic E-state index is 12.0. The maximum Gasteiger partial charge on any atom is 0.219 e. The van der Waals surface area contributed by atoms with Crippen molar-refractivity contribution in [2.24, 2.45) is 0 Å². The van der Waals surface area contributed by atoms with Crippen LogP contribution in [0.5, 0.6) is 0 Å². The van der Waals surface area contributed by atoms with Crippen molar-refractivity contribution in [1.29, 1.82) is 5.41 Å². The lowest BCUT2D eigenvalue weighted by Gasteiger charge is -2.37. The van der Waals surface area contributed by atoms with Crippen LogP contribution in [0.3, 0.4) is 0 Å². The quantitative estimate of drug-likeness (QED) is 0.368. The van der Waals surface area contributed by atoms with E-state index in [4.69, 9.17) is 10.4 Å². The second-order valence-electron chi connectivity index (χ2n) is 8.56. The molecule has 3 heterocycles. The summed E-state index contributed by atoms with van der Waals surface area (Å²) in [5.41, 5.74) is 5.64. The average molecular weight is 509 g/mol. The Balaban J connectivity index is 0.00000240. The molecule has 0 spiro atoms. The van der Waals surface area contributed by atoms with Gasteiger partial charge in [0.2, 0.25) is 5.91 Å². The first-order valence-corrected chi connectivity index (χ1v) is 10.5. The molecule has 29 heavy (non-hydrogen) atoms. The fourth-order valence-corrected chi connectivity index (χ4v) is 4.25. The number of anilines is 1. The van der Waals surface area contributed by atoms with Crippen molar-refractivity contribution < 1.29 is 4.79 Å². The van der Waals surface area contributed by atoms with Crippen LogP contribution in [0.2, 0.25) is 0 Å². The van der Waals surface area contributed by atoms with E-state index in [0.29, 0.717) is 30.9 Å². The molecular weight excluding hydrogens is 477 g/mol. The zero-order valence-electron chi connectivity index (χ0n) is 17.6. The summed E-state index contributed by atoms with van der Waals surface area (Å²) >= 11 is 0. The Labute approximate surface area is 190 Å². The Morgan fingerprint density at radius 3 is 2.69 bits per heavy atom. The summed E-state index contributed by atoms with van der Waals surface area (Å²) in [6.45, 7) is 7.89. The van der Waals surface area contributed by atoms with Crippen LogP contribution in [0.4, 0.5) is 5.69 Å². The van der Waals surface area contributed by atoms with E-state index in [1.807, 2.05) is 11.1 Å². The van der Waals surface area contributed by atoms with Gasteiger partial charge >= 0.3 is 0 Å². The van der Waals surface area contributed by atoms with Gasteiger partial charge in [-0.1, -0.05) is 0 Å².